The summed E-state index contributed by atoms with van der Waals surface area (Å²) in [6.07, 6.45) is 0. The maximum absolute atomic E-state index is 5.74. The molecule has 0 aliphatic heterocycles. The van der Waals surface area contributed by atoms with E-state index in [1.807, 2.05) is 32.0 Å². The zero-order valence-electron chi connectivity index (χ0n) is 10.3. The van der Waals surface area contributed by atoms with Gasteiger partial charge in [0.2, 0.25) is 0 Å². The minimum Gasteiger partial charge on any atom is -0.456 e. The molecule has 0 unspecified atom stereocenters. The van der Waals surface area contributed by atoms with E-state index in [2.05, 4.69) is 41.1 Å². The normalized spacial score (nSPS) is 10.4. The average molecular weight is 291 g/mol. The van der Waals surface area contributed by atoms with Crippen LogP contribution in [0.3, 0.4) is 0 Å². The van der Waals surface area contributed by atoms with Gasteiger partial charge in [0, 0.05) is 15.2 Å². The van der Waals surface area contributed by atoms with E-state index < -0.39 is 0 Å². The molecule has 0 radical (unpaired) electrons. The summed E-state index contributed by atoms with van der Waals surface area (Å²) in [5, 5.41) is 2.36. The Hall–Kier alpha value is -1.28. The SMILES string of the molecule is CC.Cc1ccc2oc3ccc(Br)cc3c2c1. The number of fused-ring (bicyclic) bond motifs is 3. The van der Waals surface area contributed by atoms with Crippen LogP contribution in [0.5, 0.6) is 0 Å². The third-order valence-corrected chi connectivity index (χ3v) is 3.08. The summed E-state index contributed by atoms with van der Waals surface area (Å²) in [4.78, 5) is 0. The first-order chi connectivity index (χ1) is 8.24. The van der Waals surface area contributed by atoms with E-state index in [0.717, 1.165) is 15.6 Å². The van der Waals surface area contributed by atoms with Crippen LogP contribution in [0, 0.1) is 6.92 Å². The highest BCUT2D eigenvalue weighted by molar-refractivity contribution is 9.10. The van der Waals surface area contributed by atoms with Crippen LogP contribution < -0.4 is 0 Å². The fourth-order valence-electron chi connectivity index (χ4n) is 1.86. The molecule has 2 aromatic carbocycles. The summed E-state index contributed by atoms with van der Waals surface area (Å²) in [6, 6.07) is 12.3. The minimum absolute atomic E-state index is 0.943. The van der Waals surface area contributed by atoms with Crippen molar-refractivity contribution >= 4 is 37.9 Å². The van der Waals surface area contributed by atoms with Gasteiger partial charge in [-0.05, 0) is 37.3 Å². The molecule has 1 heterocycles. The van der Waals surface area contributed by atoms with E-state index in [4.69, 9.17) is 4.42 Å². The second-order valence-electron chi connectivity index (χ2n) is 3.74. The van der Waals surface area contributed by atoms with Crippen molar-refractivity contribution in [3.63, 3.8) is 0 Å². The predicted molar refractivity (Wildman–Crippen MR) is 77.5 cm³/mol. The third kappa shape index (κ3) is 2.22. The van der Waals surface area contributed by atoms with Crippen LogP contribution in [-0.2, 0) is 0 Å². The molecule has 0 amide bonds. The molecule has 0 saturated heterocycles. The smallest absolute Gasteiger partial charge is 0.135 e. The molecule has 0 atom stereocenters. The molecule has 1 nitrogen and oxygen atoms in total. The van der Waals surface area contributed by atoms with Crippen molar-refractivity contribution in [2.24, 2.45) is 0 Å². The van der Waals surface area contributed by atoms with Gasteiger partial charge in [0.1, 0.15) is 11.2 Å². The Morgan fingerprint density at radius 2 is 1.47 bits per heavy atom. The number of halogens is 1. The highest BCUT2D eigenvalue weighted by atomic mass is 79.9. The highest BCUT2D eigenvalue weighted by Gasteiger charge is 2.06. The summed E-state index contributed by atoms with van der Waals surface area (Å²) >= 11 is 3.48. The first-order valence-corrected chi connectivity index (χ1v) is 6.62. The molecule has 17 heavy (non-hydrogen) atoms. The molecule has 0 bridgehead atoms. The summed E-state index contributed by atoms with van der Waals surface area (Å²) in [5.41, 5.74) is 3.15. The van der Waals surface area contributed by atoms with Gasteiger partial charge in [-0.1, -0.05) is 41.4 Å². The monoisotopic (exact) mass is 290 g/mol. The molecule has 0 saturated carbocycles. The molecule has 88 valence electrons. The maximum Gasteiger partial charge on any atom is 0.135 e. The Morgan fingerprint density at radius 1 is 0.882 bits per heavy atom. The quantitative estimate of drug-likeness (QED) is 0.519. The topological polar surface area (TPSA) is 13.1 Å². The molecule has 3 rings (SSSR count). The molecular weight excluding hydrogens is 276 g/mol. The number of hydrogen-bond donors (Lipinski definition) is 0. The number of aryl methyl sites for hydroxylation is 1. The lowest BCUT2D eigenvalue weighted by Crippen LogP contribution is -1.70. The summed E-state index contributed by atoms with van der Waals surface area (Å²) in [5.74, 6) is 0. The summed E-state index contributed by atoms with van der Waals surface area (Å²) in [6.45, 7) is 6.09. The number of rotatable bonds is 0. The van der Waals surface area contributed by atoms with Crippen molar-refractivity contribution in [2.75, 3.05) is 0 Å². The Bertz CT molecular complexity index is 596. The van der Waals surface area contributed by atoms with Crippen LogP contribution in [0.15, 0.2) is 45.3 Å². The van der Waals surface area contributed by atoms with E-state index in [-0.39, 0.29) is 0 Å². The van der Waals surface area contributed by atoms with Crippen LogP contribution in [-0.4, -0.2) is 0 Å². The fourth-order valence-corrected chi connectivity index (χ4v) is 2.22. The van der Waals surface area contributed by atoms with Crippen LogP contribution in [0.2, 0.25) is 0 Å². The van der Waals surface area contributed by atoms with Gasteiger partial charge in [-0.3, -0.25) is 0 Å². The lowest BCUT2D eigenvalue weighted by molar-refractivity contribution is 0.669. The molecule has 3 aromatic rings. The van der Waals surface area contributed by atoms with Gasteiger partial charge in [-0.15, -0.1) is 0 Å². The number of furan rings is 1. The molecular formula is C15H15BrO. The zero-order chi connectivity index (χ0) is 12.4. The van der Waals surface area contributed by atoms with Crippen molar-refractivity contribution < 1.29 is 4.42 Å². The van der Waals surface area contributed by atoms with Gasteiger partial charge in [0.15, 0.2) is 0 Å². The molecule has 0 spiro atoms. The minimum atomic E-state index is 0.943. The standard InChI is InChI=1S/C13H9BrO.C2H6/c1-8-2-4-12-10(6-8)11-7-9(14)3-5-13(11)15-12;1-2/h2-7H,1H3;1-2H3. The van der Waals surface area contributed by atoms with E-state index >= 15 is 0 Å². The molecule has 0 aliphatic carbocycles. The van der Waals surface area contributed by atoms with Crippen LogP contribution >= 0.6 is 15.9 Å². The zero-order valence-corrected chi connectivity index (χ0v) is 11.8. The van der Waals surface area contributed by atoms with E-state index in [1.165, 1.54) is 16.3 Å². The van der Waals surface area contributed by atoms with Crippen molar-refractivity contribution in [2.45, 2.75) is 20.8 Å². The Kier molecular flexibility index (Phi) is 3.53. The van der Waals surface area contributed by atoms with Crippen LogP contribution in [0.4, 0.5) is 0 Å². The number of hydrogen-bond acceptors (Lipinski definition) is 1. The van der Waals surface area contributed by atoms with Crippen molar-refractivity contribution in [1.82, 2.24) is 0 Å². The van der Waals surface area contributed by atoms with Gasteiger partial charge < -0.3 is 4.42 Å². The Morgan fingerprint density at radius 3 is 2.18 bits per heavy atom. The van der Waals surface area contributed by atoms with Gasteiger partial charge in [-0.25, -0.2) is 0 Å². The van der Waals surface area contributed by atoms with E-state index in [9.17, 15) is 0 Å². The first kappa shape index (κ1) is 12.2. The van der Waals surface area contributed by atoms with Crippen molar-refractivity contribution in [1.29, 1.82) is 0 Å². The Balaban J connectivity index is 0.000000514. The fraction of sp³-hybridized carbons (Fsp3) is 0.200. The van der Waals surface area contributed by atoms with Crippen molar-refractivity contribution in [3.8, 4) is 0 Å². The average Bonchev–Trinajstić information content (AvgIpc) is 2.69. The van der Waals surface area contributed by atoms with Crippen LogP contribution in [0.25, 0.3) is 21.9 Å². The molecule has 0 aliphatic rings. The first-order valence-electron chi connectivity index (χ1n) is 5.82. The van der Waals surface area contributed by atoms with Gasteiger partial charge >= 0.3 is 0 Å². The Labute approximate surface area is 110 Å². The molecule has 0 N–H and O–H groups in total. The van der Waals surface area contributed by atoms with Crippen LogP contribution in [0.1, 0.15) is 19.4 Å². The largest absolute Gasteiger partial charge is 0.456 e. The number of benzene rings is 2. The van der Waals surface area contributed by atoms with E-state index in [1.54, 1.807) is 0 Å². The van der Waals surface area contributed by atoms with Gasteiger partial charge in [-0.2, -0.15) is 0 Å². The van der Waals surface area contributed by atoms with Gasteiger partial charge in [0.25, 0.3) is 0 Å². The highest BCUT2D eigenvalue weighted by Crippen LogP contribution is 2.31. The van der Waals surface area contributed by atoms with Crippen molar-refractivity contribution in [3.05, 3.63) is 46.4 Å². The lowest BCUT2D eigenvalue weighted by Gasteiger charge is -1.92. The third-order valence-electron chi connectivity index (χ3n) is 2.59. The predicted octanol–water partition coefficient (Wildman–Crippen LogP) is 5.68. The second kappa shape index (κ2) is 4.92. The lowest BCUT2D eigenvalue weighted by atomic mass is 10.1. The summed E-state index contributed by atoms with van der Waals surface area (Å²) < 4.78 is 6.82. The second-order valence-corrected chi connectivity index (χ2v) is 4.66. The molecule has 1 aromatic heterocycles. The molecule has 2 heteroatoms. The summed E-state index contributed by atoms with van der Waals surface area (Å²) in [7, 11) is 0. The van der Waals surface area contributed by atoms with E-state index in [0.29, 0.717) is 0 Å². The maximum atomic E-state index is 5.74. The molecule has 0 fully saturated rings. The van der Waals surface area contributed by atoms with Gasteiger partial charge in [0.05, 0.1) is 0 Å².